The molecule has 15 heteroatoms. The quantitative estimate of drug-likeness (QED) is 0.222. The molecule has 2 heterocycles. The van der Waals surface area contributed by atoms with Gasteiger partial charge in [-0.3, -0.25) is 9.59 Å². The molecule has 0 radical (unpaired) electrons. The average Bonchev–Trinajstić information content (AvgIpc) is 2.81. The highest BCUT2D eigenvalue weighted by Crippen LogP contribution is 2.29. The van der Waals surface area contributed by atoms with Gasteiger partial charge in [0, 0.05) is 22.9 Å². The van der Waals surface area contributed by atoms with Crippen LogP contribution in [0.5, 0.6) is 0 Å². The second-order valence-electron chi connectivity index (χ2n) is 7.29. The molecule has 13 nitrogen and oxygen atoms in total. The zero-order valence-corrected chi connectivity index (χ0v) is 19.1. The largest absolute Gasteiger partial charge is 0.481 e. The van der Waals surface area contributed by atoms with Crippen LogP contribution in [-0.4, -0.2) is 65.0 Å². The normalized spacial score (nSPS) is 13.4. The third-order valence-electron chi connectivity index (χ3n) is 4.56. The van der Waals surface area contributed by atoms with E-state index in [4.69, 9.17) is 30.5 Å². The molecule has 0 saturated carbocycles. The maximum absolute atomic E-state index is 14.9. The fourth-order valence-electron chi connectivity index (χ4n) is 2.88. The number of rotatable bonds is 8. The summed E-state index contributed by atoms with van der Waals surface area (Å²) in [5.74, 6) is -4.07. The van der Waals surface area contributed by atoms with Gasteiger partial charge in [-0.1, -0.05) is 23.4 Å². The van der Waals surface area contributed by atoms with E-state index in [-0.39, 0.29) is 48.4 Å². The van der Waals surface area contributed by atoms with Crippen LogP contribution in [0.3, 0.4) is 0 Å². The SMILES string of the molecule is O=C(O)CCC(=O)O.[2H]C([2H])([2H])ON=C1CN(c2ncc(-c3cccc(COC(=O)N=C(N)N)c3F)cc2F)C1. The molecule has 1 saturated heterocycles. The maximum Gasteiger partial charge on any atom is 0.437 e. The van der Waals surface area contributed by atoms with E-state index in [2.05, 4.69) is 20.0 Å². The minimum absolute atomic E-state index is 0.00399. The van der Waals surface area contributed by atoms with E-state index < -0.39 is 49.3 Å². The van der Waals surface area contributed by atoms with Gasteiger partial charge < -0.3 is 36.2 Å². The van der Waals surface area contributed by atoms with Crippen molar-refractivity contribution in [1.82, 2.24) is 4.98 Å². The Bertz CT molecular complexity index is 1300. The maximum atomic E-state index is 14.9. The van der Waals surface area contributed by atoms with Crippen LogP contribution in [0.2, 0.25) is 0 Å². The number of guanidine groups is 1. The zero-order chi connectivity index (χ0) is 30.0. The number of carboxylic acids is 2. The highest BCUT2D eigenvalue weighted by Gasteiger charge is 2.26. The molecule has 1 amide bonds. The van der Waals surface area contributed by atoms with Crippen LogP contribution in [0.1, 0.15) is 22.5 Å². The number of nitrogens with zero attached hydrogens (tertiary/aromatic N) is 4. The molecule has 1 fully saturated rings. The van der Waals surface area contributed by atoms with E-state index in [0.717, 1.165) is 6.07 Å². The van der Waals surface area contributed by atoms with Gasteiger partial charge in [-0.05, 0) is 6.07 Å². The first-order valence-electron chi connectivity index (χ1n) is 11.8. The van der Waals surface area contributed by atoms with Crippen molar-refractivity contribution >= 4 is 35.5 Å². The Morgan fingerprint density at radius 1 is 1.19 bits per heavy atom. The number of amides is 1. The monoisotopic (exact) mass is 525 g/mol. The van der Waals surface area contributed by atoms with E-state index in [9.17, 15) is 23.2 Å². The highest BCUT2D eigenvalue weighted by molar-refractivity contribution is 5.99. The Kier molecular flexibility index (Phi) is 8.60. The molecule has 0 aliphatic carbocycles. The van der Waals surface area contributed by atoms with E-state index in [0.29, 0.717) is 5.71 Å². The first-order chi connectivity index (χ1) is 18.7. The van der Waals surface area contributed by atoms with Crippen molar-refractivity contribution in [2.75, 3.05) is 25.0 Å². The molecule has 1 aliphatic rings. The third-order valence-corrected chi connectivity index (χ3v) is 4.56. The van der Waals surface area contributed by atoms with Gasteiger partial charge in [0.15, 0.2) is 17.6 Å². The first-order valence-corrected chi connectivity index (χ1v) is 10.3. The summed E-state index contributed by atoms with van der Waals surface area (Å²) in [6, 6.07) is 5.44. The molecule has 198 valence electrons. The van der Waals surface area contributed by atoms with Gasteiger partial charge in [0.25, 0.3) is 0 Å². The van der Waals surface area contributed by atoms with Gasteiger partial charge in [-0.15, -0.1) is 4.99 Å². The lowest BCUT2D eigenvalue weighted by atomic mass is 10.0. The van der Waals surface area contributed by atoms with E-state index >= 15 is 0 Å². The van der Waals surface area contributed by atoms with Gasteiger partial charge in [-0.25, -0.2) is 18.6 Å². The van der Waals surface area contributed by atoms with Gasteiger partial charge in [-0.2, -0.15) is 0 Å². The van der Waals surface area contributed by atoms with Crippen molar-refractivity contribution in [3.8, 4) is 11.1 Å². The summed E-state index contributed by atoms with van der Waals surface area (Å²) in [6.45, 7) is -0.147. The summed E-state index contributed by atoms with van der Waals surface area (Å²) < 4.78 is 55.1. The topological polar surface area (TPSA) is 203 Å². The minimum atomic E-state index is -2.65. The number of carbonyl (C=O) groups is 3. The Balaban J connectivity index is 0.000000611. The molecular weight excluding hydrogens is 498 g/mol. The number of hydrogen-bond donors (Lipinski definition) is 4. The minimum Gasteiger partial charge on any atom is -0.481 e. The number of aliphatic carboxylic acids is 2. The van der Waals surface area contributed by atoms with Crippen LogP contribution >= 0.6 is 0 Å². The molecule has 37 heavy (non-hydrogen) atoms. The van der Waals surface area contributed by atoms with Crippen molar-refractivity contribution in [3.63, 3.8) is 0 Å². The summed E-state index contributed by atoms with van der Waals surface area (Å²) in [6.07, 6.45) is -0.376. The fraction of sp³-hybridized carbons (Fsp3) is 0.273. The third kappa shape index (κ3) is 8.72. The van der Waals surface area contributed by atoms with Crippen LogP contribution in [0, 0.1) is 11.6 Å². The number of aromatic nitrogens is 1. The number of hydrogen-bond acceptors (Lipinski definition) is 8. The summed E-state index contributed by atoms with van der Waals surface area (Å²) in [4.78, 5) is 43.7. The molecule has 3 rings (SSSR count). The molecule has 0 atom stereocenters. The van der Waals surface area contributed by atoms with Crippen molar-refractivity contribution in [3.05, 3.63) is 47.7 Å². The predicted octanol–water partition coefficient (Wildman–Crippen LogP) is 1.69. The van der Waals surface area contributed by atoms with Crippen LogP contribution < -0.4 is 16.4 Å². The van der Waals surface area contributed by atoms with Gasteiger partial charge in [0.1, 0.15) is 19.5 Å². The van der Waals surface area contributed by atoms with Crippen molar-refractivity contribution in [2.45, 2.75) is 19.4 Å². The van der Waals surface area contributed by atoms with Gasteiger partial charge in [0.05, 0.1) is 35.8 Å². The second-order valence-corrected chi connectivity index (χ2v) is 7.29. The Morgan fingerprint density at radius 2 is 1.86 bits per heavy atom. The van der Waals surface area contributed by atoms with E-state index in [1.165, 1.54) is 29.3 Å². The first kappa shape index (κ1) is 23.9. The molecule has 1 aromatic carbocycles. The van der Waals surface area contributed by atoms with E-state index in [1.807, 2.05) is 0 Å². The number of nitrogens with two attached hydrogens (primary N) is 2. The number of carboxylic acid groups (broad SMARTS) is 2. The number of anilines is 1. The molecule has 6 N–H and O–H groups in total. The summed E-state index contributed by atoms with van der Waals surface area (Å²) >= 11 is 0. The van der Waals surface area contributed by atoms with Crippen LogP contribution in [0.4, 0.5) is 19.4 Å². The molecule has 1 aliphatic heterocycles. The number of pyridine rings is 1. The summed E-state index contributed by atoms with van der Waals surface area (Å²) in [7, 11) is -2.65. The average molecular weight is 525 g/mol. The van der Waals surface area contributed by atoms with Gasteiger partial charge >= 0.3 is 18.0 Å². The smallest absolute Gasteiger partial charge is 0.437 e. The van der Waals surface area contributed by atoms with Crippen molar-refractivity contribution in [2.24, 2.45) is 21.6 Å². The molecule has 1 aromatic heterocycles. The van der Waals surface area contributed by atoms with Crippen molar-refractivity contribution < 1.29 is 47.1 Å². The lowest BCUT2D eigenvalue weighted by molar-refractivity contribution is -0.143. The number of halogens is 2. The van der Waals surface area contributed by atoms with Crippen molar-refractivity contribution in [1.29, 1.82) is 0 Å². The fourth-order valence-corrected chi connectivity index (χ4v) is 2.88. The lowest BCUT2D eigenvalue weighted by Crippen LogP contribution is -2.48. The zero-order valence-electron chi connectivity index (χ0n) is 22.1. The number of ether oxygens (including phenoxy) is 1. The second kappa shape index (κ2) is 13.3. The standard InChI is InChI=1S/C18H18F2N6O3.C4H6O4/c1-28-25-12-7-26(8-12)16-14(19)5-11(6-23-16)13-4-2-3-10(15(13)20)9-29-18(27)24-17(21)22;5-3(6)1-2-4(7)8/h2-6H,7-9H2,1H3,(H4,21,22,24,27);1-2H2,(H,5,6)(H,7,8)/i1D3;. The lowest BCUT2D eigenvalue weighted by Gasteiger charge is -2.33. The Morgan fingerprint density at radius 3 is 2.43 bits per heavy atom. The molecule has 0 spiro atoms. The molecular formula is C22H24F2N6O7. The Labute approximate surface area is 213 Å². The summed E-state index contributed by atoms with van der Waals surface area (Å²) in [5.41, 5.74) is 10.8. The molecule has 2 aromatic rings. The number of carbonyl (C=O) groups excluding carboxylic acids is 1. The predicted molar refractivity (Wildman–Crippen MR) is 127 cm³/mol. The van der Waals surface area contributed by atoms with E-state index in [1.54, 1.807) is 0 Å². The highest BCUT2D eigenvalue weighted by atomic mass is 19.1. The van der Waals surface area contributed by atoms with Gasteiger partial charge in [0.2, 0.25) is 0 Å². The van der Waals surface area contributed by atoms with Crippen LogP contribution in [0.15, 0.2) is 40.6 Å². The number of benzene rings is 1. The van der Waals surface area contributed by atoms with Crippen LogP contribution in [-0.2, 0) is 25.8 Å². The number of aliphatic imine (C=N–C) groups is 1. The summed E-state index contributed by atoms with van der Waals surface area (Å²) in [5, 5.41) is 19.3. The molecule has 0 bridgehead atoms. The Hall–Kier alpha value is -4.82. The number of oxime groups is 1. The van der Waals surface area contributed by atoms with Crippen LogP contribution in [0.25, 0.3) is 11.1 Å². The molecule has 0 unspecified atom stereocenters.